The second-order valence-electron chi connectivity index (χ2n) is 3.57. The zero-order valence-electron chi connectivity index (χ0n) is 9.81. The van der Waals surface area contributed by atoms with Gasteiger partial charge in [0.15, 0.2) is 5.69 Å². The monoisotopic (exact) mass is 258 g/mol. The number of pyridine rings is 1. The summed E-state index contributed by atoms with van der Waals surface area (Å²) in [4.78, 5) is 16.7. The zero-order chi connectivity index (χ0) is 12.8. The van der Waals surface area contributed by atoms with Crippen molar-refractivity contribution in [3.8, 4) is 0 Å². The molecule has 0 bridgehead atoms. The van der Waals surface area contributed by atoms with Crippen LogP contribution in [0.2, 0.25) is 5.02 Å². The van der Waals surface area contributed by atoms with Crippen LogP contribution in [0.4, 0.5) is 5.82 Å². The Morgan fingerprint density at radius 3 is 2.88 bits per heavy atom. The lowest BCUT2D eigenvalue weighted by Gasteiger charge is -2.18. The van der Waals surface area contributed by atoms with Crippen LogP contribution in [0.3, 0.4) is 0 Å². The van der Waals surface area contributed by atoms with Gasteiger partial charge in [0.2, 0.25) is 0 Å². The van der Waals surface area contributed by atoms with E-state index in [0.717, 1.165) is 13.0 Å². The molecule has 0 aromatic carbocycles. The number of aromatic nitrogens is 1. The number of carboxylic acid groups (broad SMARTS) is 1. The molecule has 0 spiro atoms. The summed E-state index contributed by atoms with van der Waals surface area (Å²) in [5.41, 5.74) is -0.122. The number of hydrogen-bond acceptors (Lipinski definition) is 4. The minimum absolute atomic E-state index is 0.122. The van der Waals surface area contributed by atoms with Crippen molar-refractivity contribution in [1.29, 1.82) is 0 Å². The third kappa shape index (κ3) is 3.87. The molecule has 0 aliphatic carbocycles. The Morgan fingerprint density at radius 2 is 2.29 bits per heavy atom. The standard InChI is InChI=1S/C11H15ClN2O3/c1-14(6-3-7-17-2)9-5-4-8(12)10(13-9)11(15)16/h4-5H,3,6-7H2,1-2H3,(H,15,16). The normalized spacial score (nSPS) is 10.3. The Labute approximate surface area is 105 Å². The highest BCUT2D eigenvalue weighted by molar-refractivity contribution is 6.33. The van der Waals surface area contributed by atoms with E-state index in [0.29, 0.717) is 12.4 Å². The van der Waals surface area contributed by atoms with E-state index in [4.69, 9.17) is 21.4 Å². The summed E-state index contributed by atoms with van der Waals surface area (Å²) in [6.45, 7) is 1.39. The van der Waals surface area contributed by atoms with Gasteiger partial charge in [-0.15, -0.1) is 0 Å². The lowest BCUT2D eigenvalue weighted by molar-refractivity contribution is 0.0691. The maximum Gasteiger partial charge on any atom is 0.356 e. The zero-order valence-corrected chi connectivity index (χ0v) is 10.6. The summed E-state index contributed by atoms with van der Waals surface area (Å²) in [5, 5.41) is 9.05. The third-order valence-corrected chi connectivity index (χ3v) is 2.57. The number of methoxy groups -OCH3 is 1. The highest BCUT2D eigenvalue weighted by Gasteiger charge is 2.13. The molecular weight excluding hydrogens is 244 g/mol. The van der Waals surface area contributed by atoms with Crippen LogP contribution in [-0.2, 0) is 4.74 Å². The molecule has 0 atom stereocenters. The molecule has 0 saturated carbocycles. The van der Waals surface area contributed by atoms with E-state index in [1.165, 1.54) is 0 Å². The van der Waals surface area contributed by atoms with Gasteiger partial charge < -0.3 is 14.7 Å². The third-order valence-electron chi connectivity index (χ3n) is 2.27. The average molecular weight is 259 g/mol. The highest BCUT2D eigenvalue weighted by Crippen LogP contribution is 2.18. The summed E-state index contributed by atoms with van der Waals surface area (Å²) in [5.74, 6) is -0.537. The number of hydrogen-bond donors (Lipinski definition) is 1. The molecule has 5 nitrogen and oxygen atoms in total. The van der Waals surface area contributed by atoms with E-state index >= 15 is 0 Å². The van der Waals surface area contributed by atoms with Gasteiger partial charge in [-0.3, -0.25) is 0 Å². The fraction of sp³-hybridized carbons (Fsp3) is 0.455. The number of carbonyl (C=O) groups is 1. The predicted octanol–water partition coefficient (Wildman–Crippen LogP) is 1.91. The van der Waals surface area contributed by atoms with Crippen LogP contribution in [0.15, 0.2) is 12.1 Å². The van der Waals surface area contributed by atoms with Crippen molar-refractivity contribution in [2.45, 2.75) is 6.42 Å². The van der Waals surface area contributed by atoms with E-state index in [1.807, 2.05) is 11.9 Å². The Balaban J connectivity index is 2.77. The SMILES string of the molecule is COCCCN(C)c1ccc(Cl)c(C(=O)O)n1. The fourth-order valence-electron chi connectivity index (χ4n) is 1.36. The minimum atomic E-state index is -1.12. The molecule has 1 aromatic rings. The summed E-state index contributed by atoms with van der Waals surface area (Å²) >= 11 is 5.74. The van der Waals surface area contributed by atoms with Crippen molar-refractivity contribution in [2.24, 2.45) is 0 Å². The van der Waals surface area contributed by atoms with Gasteiger partial charge in [-0.05, 0) is 18.6 Å². The van der Waals surface area contributed by atoms with E-state index in [9.17, 15) is 4.79 Å². The molecule has 0 saturated heterocycles. The number of carboxylic acids is 1. The summed E-state index contributed by atoms with van der Waals surface area (Å²) in [6, 6.07) is 3.24. The molecule has 94 valence electrons. The number of halogens is 1. The molecule has 0 aliphatic rings. The number of anilines is 1. The van der Waals surface area contributed by atoms with Crippen LogP contribution >= 0.6 is 11.6 Å². The first kappa shape index (κ1) is 13.7. The van der Waals surface area contributed by atoms with E-state index in [1.54, 1.807) is 19.2 Å². The Bertz CT molecular complexity index is 398. The lowest BCUT2D eigenvalue weighted by Crippen LogP contribution is -2.21. The lowest BCUT2D eigenvalue weighted by atomic mass is 10.3. The van der Waals surface area contributed by atoms with Crippen LogP contribution in [-0.4, -0.2) is 43.4 Å². The topological polar surface area (TPSA) is 62.7 Å². The maximum atomic E-state index is 10.9. The number of nitrogens with zero attached hydrogens (tertiary/aromatic N) is 2. The maximum absolute atomic E-state index is 10.9. The van der Waals surface area contributed by atoms with Crippen molar-refractivity contribution in [3.63, 3.8) is 0 Å². The van der Waals surface area contributed by atoms with Crippen molar-refractivity contribution in [1.82, 2.24) is 4.98 Å². The molecule has 1 heterocycles. The van der Waals surface area contributed by atoms with Crippen LogP contribution < -0.4 is 4.90 Å². The van der Waals surface area contributed by atoms with Crippen LogP contribution in [0, 0.1) is 0 Å². The van der Waals surface area contributed by atoms with Gasteiger partial charge in [0.05, 0.1) is 5.02 Å². The van der Waals surface area contributed by atoms with Gasteiger partial charge in [-0.1, -0.05) is 11.6 Å². The van der Waals surface area contributed by atoms with Crippen molar-refractivity contribution < 1.29 is 14.6 Å². The first-order chi connectivity index (χ1) is 8.06. The molecule has 0 fully saturated rings. The van der Waals surface area contributed by atoms with Gasteiger partial charge >= 0.3 is 5.97 Å². The van der Waals surface area contributed by atoms with Crippen molar-refractivity contribution in [3.05, 3.63) is 22.8 Å². The molecule has 0 aliphatic heterocycles. The number of rotatable bonds is 6. The summed E-state index contributed by atoms with van der Waals surface area (Å²) in [6.07, 6.45) is 0.847. The smallest absolute Gasteiger partial charge is 0.356 e. The van der Waals surface area contributed by atoms with Crippen LogP contribution in [0.5, 0.6) is 0 Å². The van der Waals surface area contributed by atoms with E-state index < -0.39 is 5.97 Å². The van der Waals surface area contributed by atoms with Crippen LogP contribution in [0.25, 0.3) is 0 Å². The molecular formula is C11H15ClN2O3. The second-order valence-corrected chi connectivity index (χ2v) is 3.98. The Hall–Kier alpha value is -1.33. The Morgan fingerprint density at radius 1 is 1.59 bits per heavy atom. The second kappa shape index (κ2) is 6.42. The largest absolute Gasteiger partial charge is 0.476 e. The number of aromatic carboxylic acids is 1. The molecule has 0 radical (unpaired) electrons. The van der Waals surface area contributed by atoms with Gasteiger partial charge in [0.25, 0.3) is 0 Å². The van der Waals surface area contributed by atoms with E-state index in [2.05, 4.69) is 4.98 Å². The molecule has 6 heteroatoms. The fourth-order valence-corrected chi connectivity index (χ4v) is 1.54. The molecule has 1 aromatic heterocycles. The molecule has 0 unspecified atom stereocenters. The van der Waals surface area contributed by atoms with Gasteiger partial charge in [-0.2, -0.15) is 0 Å². The van der Waals surface area contributed by atoms with Crippen LogP contribution in [0.1, 0.15) is 16.9 Å². The van der Waals surface area contributed by atoms with Gasteiger partial charge in [-0.25, -0.2) is 9.78 Å². The first-order valence-corrected chi connectivity index (χ1v) is 5.54. The van der Waals surface area contributed by atoms with Gasteiger partial charge in [0, 0.05) is 27.3 Å². The summed E-state index contributed by atoms with van der Waals surface area (Å²) in [7, 11) is 3.49. The van der Waals surface area contributed by atoms with Crippen molar-refractivity contribution >= 4 is 23.4 Å². The minimum Gasteiger partial charge on any atom is -0.476 e. The predicted molar refractivity (Wildman–Crippen MR) is 66.0 cm³/mol. The molecule has 0 amide bonds. The van der Waals surface area contributed by atoms with E-state index in [-0.39, 0.29) is 10.7 Å². The highest BCUT2D eigenvalue weighted by atomic mass is 35.5. The number of ether oxygens (including phenoxy) is 1. The quantitative estimate of drug-likeness (QED) is 0.790. The summed E-state index contributed by atoms with van der Waals surface area (Å²) < 4.78 is 4.95. The molecule has 1 N–H and O–H groups in total. The Kier molecular flexibility index (Phi) is 5.18. The molecule has 1 rings (SSSR count). The first-order valence-electron chi connectivity index (χ1n) is 5.16. The molecule has 17 heavy (non-hydrogen) atoms. The average Bonchev–Trinajstić information content (AvgIpc) is 2.29. The van der Waals surface area contributed by atoms with Gasteiger partial charge in [0.1, 0.15) is 5.82 Å². The van der Waals surface area contributed by atoms with Crippen molar-refractivity contribution in [2.75, 3.05) is 32.2 Å².